The summed E-state index contributed by atoms with van der Waals surface area (Å²) in [4.78, 5) is 6.93. The van der Waals surface area contributed by atoms with E-state index in [9.17, 15) is 5.11 Å². The topological polar surface area (TPSA) is 59.9 Å². The Hall–Kier alpha value is -1.59. The number of guanidine groups is 1. The predicted molar refractivity (Wildman–Crippen MR) is 107 cm³/mol. The van der Waals surface area contributed by atoms with Crippen LogP contribution in [0.1, 0.15) is 44.2 Å². The first-order valence-electron chi connectivity index (χ1n) is 9.45. The summed E-state index contributed by atoms with van der Waals surface area (Å²) < 4.78 is 0. The van der Waals surface area contributed by atoms with Crippen LogP contribution in [-0.4, -0.2) is 49.8 Å². The first-order chi connectivity index (χ1) is 12.1. The third-order valence-corrected chi connectivity index (χ3v) is 4.15. The minimum atomic E-state index is 0.248. The number of rotatable bonds is 11. The van der Waals surface area contributed by atoms with Crippen LogP contribution in [0.2, 0.25) is 0 Å². The second kappa shape index (κ2) is 12.7. The molecule has 0 saturated heterocycles. The summed E-state index contributed by atoms with van der Waals surface area (Å²) >= 11 is 0. The van der Waals surface area contributed by atoms with E-state index in [0.29, 0.717) is 12.5 Å². The van der Waals surface area contributed by atoms with E-state index < -0.39 is 0 Å². The van der Waals surface area contributed by atoms with E-state index >= 15 is 0 Å². The minimum Gasteiger partial charge on any atom is -0.396 e. The first-order valence-corrected chi connectivity index (χ1v) is 9.45. The van der Waals surface area contributed by atoms with Crippen LogP contribution in [0.25, 0.3) is 0 Å². The minimum absolute atomic E-state index is 0.248. The molecule has 0 saturated carbocycles. The monoisotopic (exact) mass is 348 g/mol. The molecule has 25 heavy (non-hydrogen) atoms. The smallest absolute Gasteiger partial charge is 0.191 e. The van der Waals surface area contributed by atoms with Crippen LogP contribution < -0.4 is 10.6 Å². The second-order valence-electron chi connectivity index (χ2n) is 6.75. The average molecular weight is 349 g/mol. The number of aliphatic hydroxyl groups excluding tert-OH is 1. The summed E-state index contributed by atoms with van der Waals surface area (Å²) in [5.74, 6) is 1.33. The fourth-order valence-corrected chi connectivity index (χ4v) is 2.89. The molecule has 1 unspecified atom stereocenters. The molecule has 5 nitrogen and oxygen atoms in total. The third kappa shape index (κ3) is 8.89. The van der Waals surface area contributed by atoms with Gasteiger partial charge in [-0.25, -0.2) is 4.99 Å². The Kier molecular flexibility index (Phi) is 10.9. The zero-order valence-electron chi connectivity index (χ0n) is 16.4. The van der Waals surface area contributed by atoms with Crippen molar-refractivity contribution in [3.8, 4) is 0 Å². The molecule has 3 N–H and O–H groups in total. The van der Waals surface area contributed by atoms with Crippen molar-refractivity contribution < 1.29 is 5.11 Å². The average Bonchev–Trinajstić information content (AvgIpc) is 2.58. The Labute approximate surface area is 153 Å². The Morgan fingerprint density at radius 1 is 1.12 bits per heavy atom. The van der Waals surface area contributed by atoms with Crippen LogP contribution in [0.15, 0.2) is 29.3 Å². The lowest BCUT2D eigenvalue weighted by molar-refractivity contribution is 0.251. The highest BCUT2D eigenvalue weighted by atomic mass is 16.3. The van der Waals surface area contributed by atoms with Crippen molar-refractivity contribution in [1.82, 2.24) is 15.5 Å². The number of hydrogen-bond donors (Lipinski definition) is 3. The molecule has 0 aliphatic heterocycles. The Morgan fingerprint density at radius 2 is 1.84 bits per heavy atom. The van der Waals surface area contributed by atoms with Crippen LogP contribution in [0.4, 0.5) is 0 Å². The van der Waals surface area contributed by atoms with Gasteiger partial charge in [0.2, 0.25) is 0 Å². The molecule has 0 aliphatic carbocycles. The van der Waals surface area contributed by atoms with Crippen molar-refractivity contribution in [2.75, 3.05) is 33.8 Å². The largest absolute Gasteiger partial charge is 0.396 e. The highest BCUT2D eigenvalue weighted by Crippen LogP contribution is 2.12. The van der Waals surface area contributed by atoms with Gasteiger partial charge in [-0.3, -0.25) is 0 Å². The van der Waals surface area contributed by atoms with Crippen molar-refractivity contribution >= 4 is 5.96 Å². The summed E-state index contributed by atoms with van der Waals surface area (Å²) in [5.41, 5.74) is 2.57. The summed E-state index contributed by atoms with van der Waals surface area (Å²) in [7, 11) is 4.17. The maximum Gasteiger partial charge on any atom is 0.191 e. The van der Waals surface area contributed by atoms with Gasteiger partial charge in [0.05, 0.1) is 6.54 Å². The van der Waals surface area contributed by atoms with Crippen LogP contribution >= 0.6 is 0 Å². The summed E-state index contributed by atoms with van der Waals surface area (Å²) in [6.45, 7) is 7.78. The molecule has 1 aromatic carbocycles. The maximum atomic E-state index is 9.21. The zero-order valence-corrected chi connectivity index (χ0v) is 16.4. The van der Waals surface area contributed by atoms with Gasteiger partial charge in [-0.05, 0) is 50.9 Å². The molecule has 0 aliphatic rings. The molecule has 0 fully saturated rings. The fraction of sp³-hybridized carbons (Fsp3) is 0.650. The molecule has 1 rings (SSSR count). The van der Waals surface area contributed by atoms with Crippen LogP contribution in [-0.2, 0) is 13.1 Å². The van der Waals surface area contributed by atoms with Crippen LogP contribution in [0.3, 0.4) is 0 Å². The molecule has 1 atom stereocenters. The standard InChI is InChI=1S/C20H36N4O/c1-5-9-17(12-13-25)14-22-20(21-6-2)23-15-18-10-7-8-11-19(18)16-24(3)4/h7-8,10-11,17,25H,5-6,9,12-16H2,1-4H3,(H2,21,22,23). The van der Waals surface area contributed by atoms with Crippen LogP contribution in [0, 0.1) is 5.92 Å². The molecular formula is C20H36N4O. The number of aliphatic imine (C=N–C) groups is 1. The SMILES string of the molecule is CCCC(CCO)CNC(=NCc1ccccc1CN(C)C)NCC. The Morgan fingerprint density at radius 3 is 2.44 bits per heavy atom. The lowest BCUT2D eigenvalue weighted by Gasteiger charge is -2.18. The van der Waals surface area contributed by atoms with Gasteiger partial charge in [-0.15, -0.1) is 0 Å². The van der Waals surface area contributed by atoms with Crippen molar-refractivity contribution in [2.24, 2.45) is 10.9 Å². The van der Waals surface area contributed by atoms with E-state index in [1.165, 1.54) is 11.1 Å². The predicted octanol–water partition coefficient (Wildman–Crippen LogP) is 2.60. The van der Waals surface area contributed by atoms with Gasteiger partial charge in [0.1, 0.15) is 0 Å². The second-order valence-corrected chi connectivity index (χ2v) is 6.75. The van der Waals surface area contributed by atoms with Gasteiger partial charge < -0.3 is 20.6 Å². The molecule has 5 heteroatoms. The van der Waals surface area contributed by atoms with Crippen molar-refractivity contribution in [1.29, 1.82) is 0 Å². The van der Waals surface area contributed by atoms with E-state index in [-0.39, 0.29) is 6.61 Å². The lowest BCUT2D eigenvalue weighted by Crippen LogP contribution is -2.40. The number of aliphatic hydroxyl groups is 1. The normalized spacial score (nSPS) is 13.1. The fourth-order valence-electron chi connectivity index (χ4n) is 2.89. The van der Waals surface area contributed by atoms with Gasteiger partial charge in [0, 0.05) is 26.2 Å². The van der Waals surface area contributed by atoms with Crippen LogP contribution in [0.5, 0.6) is 0 Å². The van der Waals surface area contributed by atoms with Crippen molar-refractivity contribution in [3.05, 3.63) is 35.4 Å². The van der Waals surface area contributed by atoms with E-state index in [0.717, 1.165) is 44.9 Å². The number of benzene rings is 1. The maximum absolute atomic E-state index is 9.21. The van der Waals surface area contributed by atoms with Gasteiger partial charge in [-0.1, -0.05) is 37.6 Å². The quantitative estimate of drug-likeness (QED) is 0.425. The first kappa shape index (κ1) is 21.5. The molecule has 1 aromatic rings. The van der Waals surface area contributed by atoms with Gasteiger partial charge in [0.25, 0.3) is 0 Å². The molecule has 0 amide bonds. The molecule has 142 valence electrons. The molecular weight excluding hydrogens is 312 g/mol. The zero-order chi connectivity index (χ0) is 18.5. The van der Waals surface area contributed by atoms with Gasteiger partial charge in [-0.2, -0.15) is 0 Å². The highest BCUT2D eigenvalue weighted by Gasteiger charge is 2.09. The van der Waals surface area contributed by atoms with E-state index in [4.69, 9.17) is 4.99 Å². The summed E-state index contributed by atoms with van der Waals surface area (Å²) in [5, 5.41) is 16.0. The van der Waals surface area contributed by atoms with Gasteiger partial charge >= 0.3 is 0 Å². The number of hydrogen-bond acceptors (Lipinski definition) is 3. The summed E-state index contributed by atoms with van der Waals surface area (Å²) in [6.07, 6.45) is 3.10. The lowest BCUT2D eigenvalue weighted by atomic mass is 10.0. The molecule has 0 spiro atoms. The van der Waals surface area contributed by atoms with Crippen molar-refractivity contribution in [2.45, 2.75) is 46.2 Å². The van der Waals surface area contributed by atoms with Crippen molar-refractivity contribution in [3.63, 3.8) is 0 Å². The van der Waals surface area contributed by atoms with E-state index in [2.05, 4.69) is 67.7 Å². The number of nitrogens with one attached hydrogen (secondary N) is 2. The molecule has 0 bridgehead atoms. The third-order valence-electron chi connectivity index (χ3n) is 4.15. The van der Waals surface area contributed by atoms with E-state index in [1.54, 1.807) is 0 Å². The number of nitrogens with zero attached hydrogens (tertiary/aromatic N) is 2. The Balaban J connectivity index is 2.72. The van der Waals surface area contributed by atoms with E-state index in [1.807, 2.05) is 0 Å². The van der Waals surface area contributed by atoms with Gasteiger partial charge in [0.15, 0.2) is 5.96 Å². The highest BCUT2D eigenvalue weighted by molar-refractivity contribution is 5.79. The summed E-state index contributed by atoms with van der Waals surface area (Å²) in [6, 6.07) is 8.48. The molecule has 0 aromatic heterocycles. The molecule has 0 heterocycles. The molecule has 0 radical (unpaired) electrons. The Bertz CT molecular complexity index is 496.